The van der Waals surface area contributed by atoms with E-state index in [4.69, 9.17) is 5.73 Å². The highest BCUT2D eigenvalue weighted by molar-refractivity contribution is 5.97. The van der Waals surface area contributed by atoms with Gasteiger partial charge >= 0.3 is 0 Å². The lowest BCUT2D eigenvalue weighted by Crippen LogP contribution is -2.38. The second-order valence-corrected chi connectivity index (χ2v) is 5.77. The van der Waals surface area contributed by atoms with Gasteiger partial charge < -0.3 is 16.4 Å². The lowest BCUT2D eigenvalue weighted by molar-refractivity contribution is 0.0940. The van der Waals surface area contributed by atoms with Crippen LogP contribution in [0.4, 0.5) is 5.69 Å². The Hall–Kier alpha value is -0.970. The molecule has 0 saturated heterocycles. The van der Waals surface area contributed by atoms with Gasteiger partial charge in [0.15, 0.2) is 0 Å². The molecule has 0 fully saturated rings. The molecule has 0 spiro atoms. The van der Waals surface area contributed by atoms with Gasteiger partial charge in [-0.1, -0.05) is 19.9 Å². The molecule has 1 amide bonds. The summed E-state index contributed by atoms with van der Waals surface area (Å²) in [7, 11) is 0. The molecule has 1 aromatic rings. The molecule has 0 aliphatic carbocycles. The number of carbonyl (C=O) groups excluding carboxylic acids is 1. The Balaban J connectivity index is 0. The average molecular weight is 350 g/mol. The lowest BCUT2D eigenvalue weighted by Gasteiger charge is -2.21. The van der Waals surface area contributed by atoms with E-state index in [0.717, 1.165) is 11.3 Å². The largest absolute Gasteiger partial charge is 0.382 e. The molecular formula is C16H29Cl2N3O. The summed E-state index contributed by atoms with van der Waals surface area (Å²) in [6, 6.07) is 6.10. The third-order valence-electron chi connectivity index (χ3n) is 3.69. The van der Waals surface area contributed by atoms with Crippen molar-refractivity contribution in [3.8, 4) is 0 Å². The van der Waals surface area contributed by atoms with Crippen molar-refractivity contribution in [2.75, 3.05) is 11.9 Å². The Morgan fingerprint density at radius 3 is 2.27 bits per heavy atom. The Bertz CT molecular complexity index is 467. The SMILES string of the molecule is Cc1c(NC(C)C(C)C)cccc1C(=O)N[C@@H](C)CN.Cl.Cl. The number of rotatable bonds is 6. The maximum absolute atomic E-state index is 12.2. The van der Waals surface area contributed by atoms with Gasteiger partial charge in [-0.2, -0.15) is 0 Å². The predicted molar refractivity (Wildman–Crippen MR) is 99.6 cm³/mol. The quantitative estimate of drug-likeness (QED) is 0.737. The molecule has 1 rings (SSSR count). The van der Waals surface area contributed by atoms with Crippen LogP contribution in [0.25, 0.3) is 0 Å². The minimum absolute atomic E-state index is 0. The number of nitrogens with one attached hydrogen (secondary N) is 2. The summed E-state index contributed by atoms with van der Waals surface area (Å²) in [6.45, 7) is 10.8. The van der Waals surface area contributed by atoms with Gasteiger partial charge in [0.1, 0.15) is 0 Å². The van der Waals surface area contributed by atoms with Crippen LogP contribution in [0, 0.1) is 12.8 Å². The van der Waals surface area contributed by atoms with E-state index in [1.54, 1.807) is 0 Å². The van der Waals surface area contributed by atoms with E-state index in [2.05, 4.69) is 31.4 Å². The first kappa shape index (κ1) is 23.3. The van der Waals surface area contributed by atoms with Gasteiger partial charge in [-0.25, -0.2) is 0 Å². The minimum atomic E-state index is -0.0682. The van der Waals surface area contributed by atoms with E-state index in [-0.39, 0.29) is 36.8 Å². The number of halogens is 2. The number of nitrogens with two attached hydrogens (primary N) is 1. The lowest BCUT2D eigenvalue weighted by atomic mass is 10.0. The van der Waals surface area contributed by atoms with Crippen molar-refractivity contribution < 1.29 is 4.79 Å². The monoisotopic (exact) mass is 349 g/mol. The molecule has 4 nitrogen and oxygen atoms in total. The van der Waals surface area contributed by atoms with E-state index < -0.39 is 0 Å². The Morgan fingerprint density at radius 1 is 1.18 bits per heavy atom. The zero-order chi connectivity index (χ0) is 15.3. The van der Waals surface area contributed by atoms with Crippen molar-refractivity contribution in [1.29, 1.82) is 0 Å². The maximum Gasteiger partial charge on any atom is 0.251 e. The first-order valence-electron chi connectivity index (χ1n) is 7.23. The number of carbonyl (C=O) groups is 1. The van der Waals surface area contributed by atoms with Gasteiger partial charge in [-0.05, 0) is 44.4 Å². The number of hydrogen-bond acceptors (Lipinski definition) is 3. The first-order valence-corrected chi connectivity index (χ1v) is 7.23. The molecule has 1 aromatic carbocycles. The number of anilines is 1. The highest BCUT2D eigenvalue weighted by Gasteiger charge is 2.15. The number of hydrogen-bond donors (Lipinski definition) is 3. The summed E-state index contributed by atoms with van der Waals surface area (Å²) in [5, 5.41) is 6.37. The van der Waals surface area contributed by atoms with Crippen LogP contribution < -0.4 is 16.4 Å². The van der Waals surface area contributed by atoms with Crippen molar-refractivity contribution >= 4 is 36.4 Å². The van der Waals surface area contributed by atoms with Gasteiger partial charge in [0.05, 0.1) is 0 Å². The minimum Gasteiger partial charge on any atom is -0.382 e. The standard InChI is InChI=1S/C16H27N3O.2ClH/c1-10(2)13(5)19-15-8-6-7-14(12(15)4)16(20)18-11(3)9-17;;/h6-8,10-11,13,19H,9,17H2,1-5H3,(H,18,20);2*1H/t11-,13?;;/m0../s1. The highest BCUT2D eigenvalue weighted by atomic mass is 35.5. The molecule has 0 heterocycles. The zero-order valence-corrected chi connectivity index (χ0v) is 15.6. The maximum atomic E-state index is 12.2. The highest BCUT2D eigenvalue weighted by Crippen LogP contribution is 2.21. The molecule has 1 unspecified atom stereocenters. The van der Waals surface area contributed by atoms with Gasteiger partial charge in [-0.3, -0.25) is 4.79 Å². The fourth-order valence-electron chi connectivity index (χ4n) is 1.81. The molecular weight excluding hydrogens is 321 g/mol. The second kappa shape index (κ2) is 10.7. The summed E-state index contributed by atoms with van der Waals surface area (Å²) < 4.78 is 0. The summed E-state index contributed by atoms with van der Waals surface area (Å²) in [5.41, 5.74) is 8.23. The molecule has 128 valence electrons. The van der Waals surface area contributed by atoms with Crippen molar-refractivity contribution in [3.05, 3.63) is 29.3 Å². The molecule has 0 saturated carbocycles. The first-order chi connectivity index (χ1) is 9.36. The number of benzene rings is 1. The van der Waals surface area contributed by atoms with Crippen LogP contribution in [0.2, 0.25) is 0 Å². The third-order valence-corrected chi connectivity index (χ3v) is 3.69. The van der Waals surface area contributed by atoms with Crippen molar-refractivity contribution in [3.63, 3.8) is 0 Å². The van der Waals surface area contributed by atoms with E-state index >= 15 is 0 Å². The van der Waals surface area contributed by atoms with Crippen LogP contribution in [0.1, 0.15) is 43.6 Å². The van der Waals surface area contributed by atoms with Crippen molar-refractivity contribution in [1.82, 2.24) is 5.32 Å². The zero-order valence-electron chi connectivity index (χ0n) is 14.0. The van der Waals surface area contributed by atoms with E-state index in [9.17, 15) is 4.79 Å². The molecule has 6 heteroatoms. The third kappa shape index (κ3) is 6.42. The summed E-state index contributed by atoms with van der Waals surface area (Å²) in [6.07, 6.45) is 0. The normalized spacial score (nSPS) is 12.7. The molecule has 0 radical (unpaired) electrons. The topological polar surface area (TPSA) is 67.2 Å². The van der Waals surface area contributed by atoms with Gasteiger partial charge in [-0.15, -0.1) is 24.8 Å². The second-order valence-electron chi connectivity index (χ2n) is 5.77. The van der Waals surface area contributed by atoms with Crippen LogP contribution in [-0.2, 0) is 0 Å². The average Bonchev–Trinajstić information content (AvgIpc) is 2.40. The smallest absolute Gasteiger partial charge is 0.251 e. The summed E-state index contributed by atoms with van der Waals surface area (Å²) >= 11 is 0. The van der Waals surface area contributed by atoms with Gasteiger partial charge in [0.2, 0.25) is 0 Å². The molecule has 4 N–H and O–H groups in total. The van der Waals surface area contributed by atoms with E-state index in [1.807, 2.05) is 32.0 Å². The number of amides is 1. The molecule has 22 heavy (non-hydrogen) atoms. The van der Waals surface area contributed by atoms with Gasteiger partial charge in [0, 0.05) is 29.9 Å². The Morgan fingerprint density at radius 2 is 1.77 bits per heavy atom. The predicted octanol–water partition coefficient (Wildman–Crippen LogP) is 3.37. The molecule has 0 bridgehead atoms. The molecule has 0 aliphatic rings. The molecule has 0 aliphatic heterocycles. The molecule has 2 atom stereocenters. The Kier molecular flexibility index (Phi) is 11.3. The summed E-state index contributed by atoms with van der Waals surface area (Å²) in [5.74, 6) is 0.463. The van der Waals surface area contributed by atoms with Crippen LogP contribution >= 0.6 is 24.8 Å². The van der Waals surface area contributed by atoms with Crippen molar-refractivity contribution in [2.45, 2.75) is 46.7 Å². The molecule has 0 aromatic heterocycles. The Labute approximate surface area is 146 Å². The van der Waals surface area contributed by atoms with E-state index in [0.29, 0.717) is 24.1 Å². The fraction of sp³-hybridized carbons (Fsp3) is 0.562. The van der Waals surface area contributed by atoms with Crippen LogP contribution in [0.15, 0.2) is 18.2 Å². The summed E-state index contributed by atoms with van der Waals surface area (Å²) in [4.78, 5) is 12.2. The van der Waals surface area contributed by atoms with Gasteiger partial charge in [0.25, 0.3) is 5.91 Å². The van der Waals surface area contributed by atoms with E-state index in [1.165, 1.54) is 0 Å². The fourth-order valence-corrected chi connectivity index (χ4v) is 1.81. The van der Waals surface area contributed by atoms with Crippen LogP contribution in [-0.4, -0.2) is 24.5 Å². The van der Waals surface area contributed by atoms with Crippen LogP contribution in [0.5, 0.6) is 0 Å². The van der Waals surface area contributed by atoms with Crippen molar-refractivity contribution in [2.24, 2.45) is 11.7 Å². The van der Waals surface area contributed by atoms with Crippen LogP contribution in [0.3, 0.4) is 0 Å².